The maximum Gasteiger partial charge on any atom is 0.336 e. The first kappa shape index (κ1) is 10.7. The van der Waals surface area contributed by atoms with Crippen molar-refractivity contribution in [3.8, 4) is 0 Å². The van der Waals surface area contributed by atoms with E-state index >= 15 is 0 Å². The first-order valence-corrected chi connectivity index (χ1v) is 4.66. The molecule has 0 aromatic heterocycles. The fourth-order valence-electron chi connectivity index (χ4n) is 1.51. The molecule has 14 heavy (non-hydrogen) atoms. The lowest BCUT2D eigenvalue weighted by Gasteiger charge is -2.13. The minimum absolute atomic E-state index is 0.194. The molecular weight excluding hydrogens is 178 g/mol. The van der Waals surface area contributed by atoms with Gasteiger partial charge >= 0.3 is 5.97 Å². The first-order chi connectivity index (χ1) is 6.57. The Balaban J connectivity index is 3.28. The first-order valence-electron chi connectivity index (χ1n) is 4.66. The number of rotatable bonds is 3. The normalized spacial score (nSPS) is 12.5. The van der Waals surface area contributed by atoms with Crippen LogP contribution in [0.2, 0.25) is 0 Å². The Morgan fingerprint density at radius 1 is 1.57 bits per heavy atom. The number of carbonyl (C=O) groups is 1. The van der Waals surface area contributed by atoms with Crippen molar-refractivity contribution in [2.24, 2.45) is 5.73 Å². The van der Waals surface area contributed by atoms with Gasteiger partial charge < -0.3 is 10.8 Å². The Labute approximate surface area is 83.6 Å². The predicted molar refractivity (Wildman–Crippen MR) is 55.4 cm³/mol. The van der Waals surface area contributed by atoms with Gasteiger partial charge in [-0.05, 0) is 24.5 Å². The lowest BCUT2D eigenvalue weighted by atomic mass is 9.95. The second kappa shape index (κ2) is 4.24. The molecule has 0 aliphatic rings. The van der Waals surface area contributed by atoms with E-state index in [2.05, 4.69) is 0 Å². The third-order valence-electron chi connectivity index (χ3n) is 2.36. The number of nitrogens with two attached hydrogens (primary N) is 1. The third-order valence-corrected chi connectivity index (χ3v) is 2.36. The van der Waals surface area contributed by atoms with Crippen molar-refractivity contribution >= 4 is 5.97 Å². The minimum atomic E-state index is -0.901. The number of aromatic carboxylic acids is 1. The van der Waals surface area contributed by atoms with Crippen molar-refractivity contribution in [1.82, 2.24) is 0 Å². The predicted octanol–water partition coefficient (Wildman–Crippen LogP) is 2.10. The second-order valence-corrected chi connectivity index (χ2v) is 3.36. The van der Waals surface area contributed by atoms with Crippen molar-refractivity contribution in [3.05, 3.63) is 34.9 Å². The molecule has 0 bridgehead atoms. The average molecular weight is 193 g/mol. The maximum absolute atomic E-state index is 11.0. The van der Waals surface area contributed by atoms with Crippen LogP contribution in [0.3, 0.4) is 0 Å². The molecule has 1 aromatic rings. The molecule has 0 aliphatic carbocycles. The van der Waals surface area contributed by atoms with Crippen molar-refractivity contribution in [1.29, 1.82) is 0 Å². The second-order valence-electron chi connectivity index (χ2n) is 3.36. The quantitative estimate of drug-likeness (QED) is 0.772. The summed E-state index contributed by atoms with van der Waals surface area (Å²) in [6.07, 6.45) is 0.740. The molecule has 0 saturated heterocycles. The summed E-state index contributed by atoms with van der Waals surface area (Å²) in [7, 11) is 0. The van der Waals surface area contributed by atoms with Crippen molar-refractivity contribution in [2.75, 3.05) is 0 Å². The van der Waals surface area contributed by atoms with E-state index in [0.29, 0.717) is 5.56 Å². The Morgan fingerprint density at radius 3 is 2.71 bits per heavy atom. The smallest absolute Gasteiger partial charge is 0.336 e. The van der Waals surface area contributed by atoms with Crippen LogP contribution in [-0.2, 0) is 0 Å². The molecule has 3 heteroatoms. The van der Waals surface area contributed by atoms with Crippen LogP contribution < -0.4 is 5.73 Å². The Kier molecular flexibility index (Phi) is 3.25. The number of carboxylic acids is 1. The molecule has 0 aliphatic heterocycles. The highest BCUT2D eigenvalue weighted by atomic mass is 16.4. The number of hydrogen-bond acceptors (Lipinski definition) is 2. The van der Waals surface area contributed by atoms with Gasteiger partial charge in [-0.1, -0.05) is 25.1 Å². The maximum atomic E-state index is 11.0. The van der Waals surface area contributed by atoms with E-state index in [9.17, 15) is 4.79 Å². The molecule has 0 unspecified atom stereocenters. The van der Waals surface area contributed by atoms with E-state index < -0.39 is 5.97 Å². The molecule has 3 nitrogen and oxygen atoms in total. The van der Waals surface area contributed by atoms with Gasteiger partial charge in [0.15, 0.2) is 0 Å². The number of carboxylic acid groups (broad SMARTS) is 1. The van der Waals surface area contributed by atoms with E-state index in [4.69, 9.17) is 10.8 Å². The van der Waals surface area contributed by atoms with Crippen LogP contribution in [0.15, 0.2) is 18.2 Å². The molecule has 0 saturated carbocycles. The minimum Gasteiger partial charge on any atom is -0.478 e. The zero-order valence-corrected chi connectivity index (χ0v) is 8.45. The SMILES string of the molecule is CC[C@H](N)c1cccc(C)c1C(=O)O. The van der Waals surface area contributed by atoms with Gasteiger partial charge in [-0.15, -0.1) is 0 Å². The Hall–Kier alpha value is -1.35. The highest BCUT2D eigenvalue weighted by Crippen LogP contribution is 2.21. The number of aryl methyl sites for hydroxylation is 1. The summed E-state index contributed by atoms with van der Waals surface area (Å²) in [6.45, 7) is 3.73. The van der Waals surface area contributed by atoms with E-state index in [-0.39, 0.29) is 6.04 Å². The van der Waals surface area contributed by atoms with E-state index in [0.717, 1.165) is 17.5 Å². The summed E-state index contributed by atoms with van der Waals surface area (Å²) in [4.78, 5) is 11.0. The van der Waals surface area contributed by atoms with E-state index in [1.54, 1.807) is 19.1 Å². The Morgan fingerprint density at radius 2 is 2.21 bits per heavy atom. The number of hydrogen-bond donors (Lipinski definition) is 2. The molecule has 1 aromatic carbocycles. The third kappa shape index (κ3) is 1.93. The van der Waals surface area contributed by atoms with Gasteiger partial charge in [0.25, 0.3) is 0 Å². The van der Waals surface area contributed by atoms with Crippen LogP contribution >= 0.6 is 0 Å². The molecule has 0 radical (unpaired) electrons. The van der Waals surface area contributed by atoms with Crippen LogP contribution in [0.4, 0.5) is 0 Å². The zero-order valence-electron chi connectivity index (χ0n) is 8.45. The van der Waals surface area contributed by atoms with Gasteiger partial charge in [0, 0.05) is 6.04 Å². The van der Waals surface area contributed by atoms with Crippen LogP contribution in [-0.4, -0.2) is 11.1 Å². The van der Waals surface area contributed by atoms with Crippen molar-refractivity contribution < 1.29 is 9.90 Å². The molecule has 0 fully saturated rings. The van der Waals surface area contributed by atoms with Crippen LogP contribution in [0.1, 0.15) is 40.9 Å². The molecule has 0 heterocycles. The van der Waals surface area contributed by atoms with Gasteiger partial charge in [-0.3, -0.25) is 0 Å². The monoisotopic (exact) mass is 193 g/mol. The lowest BCUT2D eigenvalue weighted by molar-refractivity contribution is 0.0694. The van der Waals surface area contributed by atoms with Crippen molar-refractivity contribution in [2.45, 2.75) is 26.3 Å². The molecule has 0 amide bonds. The Bertz CT molecular complexity index is 347. The highest BCUT2D eigenvalue weighted by molar-refractivity contribution is 5.91. The topological polar surface area (TPSA) is 63.3 Å². The summed E-state index contributed by atoms with van der Waals surface area (Å²) in [5.74, 6) is -0.901. The largest absolute Gasteiger partial charge is 0.478 e. The number of benzene rings is 1. The molecular formula is C11H15NO2. The van der Waals surface area contributed by atoms with Crippen LogP contribution in [0.5, 0.6) is 0 Å². The summed E-state index contributed by atoms with van der Waals surface area (Å²) in [5, 5.41) is 9.04. The van der Waals surface area contributed by atoms with Gasteiger partial charge in [-0.2, -0.15) is 0 Å². The summed E-state index contributed by atoms with van der Waals surface area (Å²) < 4.78 is 0. The molecule has 1 rings (SSSR count). The van der Waals surface area contributed by atoms with E-state index in [1.165, 1.54) is 0 Å². The van der Waals surface area contributed by atoms with E-state index in [1.807, 2.05) is 13.0 Å². The standard InChI is InChI=1S/C11H15NO2/c1-3-9(12)8-6-4-5-7(2)10(8)11(13)14/h4-6,9H,3,12H2,1-2H3,(H,13,14)/t9-/m0/s1. The lowest BCUT2D eigenvalue weighted by Crippen LogP contribution is -2.15. The molecule has 1 atom stereocenters. The van der Waals surface area contributed by atoms with Crippen LogP contribution in [0, 0.1) is 6.92 Å². The fraction of sp³-hybridized carbons (Fsp3) is 0.364. The average Bonchev–Trinajstić information content (AvgIpc) is 2.15. The van der Waals surface area contributed by atoms with Crippen LogP contribution in [0.25, 0.3) is 0 Å². The summed E-state index contributed by atoms with van der Waals surface area (Å²) in [5.41, 5.74) is 7.67. The fourth-order valence-corrected chi connectivity index (χ4v) is 1.51. The van der Waals surface area contributed by atoms with Gasteiger partial charge in [0.2, 0.25) is 0 Å². The zero-order chi connectivity index (χ0) is 10.7. The van der Waals surface area contributed by atoms with Gasteiger partial charge in [-0.25, -0.2) is 4.79 Å². The summed E-state index contributed by atoms with van der Waals surface area (Å²) in [6, 6.07) is 5.22. The molecule has 76 valence electrons. The molecule has 0 spiro atoms. The summed E-state index contributed by atoms with van der Waals surface area (Å²) >= 11 is 0. The van der Waals surface area contributed by atoms with Crippen molar-refractivity contribution in [3.63, 3.8) is 0 Å². The van der Waals surface area contributed by atoms with Gasteiger partial charge in [0.05, 0.1) is 5.56 Å². The highest BCUT2D eigenvalue weighted by Gasteiger charge is 2.16. The van der Waals surface area contributed by atoms with Gasteiger partial charge in [0.1, 0.15) is 0 Å². The molecule has 3 N–H and O–H groups in total.